The van der Waals surface area contributed by atoms with E-state index in [0.29, 0.717) is 12.0 Å². The van der Waals surface area contributed by atoms with E-state index in [4.69, 9.17) is 0 Å². The monoisotopic (exact) mass is 325 g/mol. The summed E-state index contributed by atoms with van der Waals surface area (Å²) >= 11 is 0. The molecule has 2 fully saturated rings. The Morgan fingerprint density at radius 2 is 2.04 bits per heavy atom. The highest BCUT2D eigenvalue weighted by Gasteiger charge is 2.42. The van der Waals surface area contributed by atoms with Gasteiger partial charge in [-0.2, -0.15) is 0 Å². The van der Waals surface area contributed by atoms with Crippen LogP contribution in [0.25, 0.3) is 11.0 Å². The summed E-state index contributed by atoms with van der Waals surface area (Å²) in [4.78, 5) is 31.5. The summed E-state index contributed by atoms with van der Waals surface area (Å²) < 4.78 is 1.56. The van der Waals surface area contributed by atoms with Crippen molar-refractivity contribution in [2.45, 2.75) is 57.7 Å². The molecule has 2 aliphatic rings. The van der Waals surface area contributed by atoms with Gasteiger partial charge in [-0.1, -0.05) is 25.0 Å². The minimum Gasteiger partial charge on any atom is -0.335 e. The van der Waals surface area contributed by atoms with Crippen LogP contribution in [0, 0.1) is 5.92 Å². The second-order valence-electron chi connectivity index (χ2n) is 7.17. The van der Waals surface area contributed by atoms with Gasteiger partial charge in [0, 0.05) is 12.1 Å². The summed E-state index contributed by atoms with van der Waals surface area (Å²) in [6, 6.07) is 8.12. The summed E-state index contributed by atoms with van der Waals surface area (Å²) in [6.07, 6.45) is 7.23. The van der Waals surface area contributed by atoms with Gasteiger partial charge in [-0.25, -0.2) is 4.98 Å². The fourth-order valence-corrected chi connectivity index (χ4v) is 4.63. The minimum absolute atomic E-state index is 0.0651. The molecule has 0 N–H and O–H groups in total. The van der Waals surface area contributed by atoms with Crippen molar-refractivity contribution in [1.29, 1.82) is 0 Å². The number of amides is 1. The van der Waals surface area contributed by atoms with Crippen LogP contribution in [0.1, 0.15) is 39.0 Å². The molecule has 1 aromatic heterocycles. The van der Waals surface area contributed by atoms with E-state index >= 15 is 0 Å². The van der Waals surface area contributed by atoms with Gasteiger partial charge in [-0.05, 0) is 44.2 Å². The van der Waals surface area contributed by atoms with Crippen molar-refractivity contribution in [2.75, 3.05) is 0 Å². The predicted molar refractivity (Wildman–Crippen MR) is 92.7 cm³/mol. The van der Waals surface area contributed by atoms with Crippen LogP contribution in [-0.2, 0) is 11.3 Å². The Kier molecular flexibility index (Phi) is 3.87. The third-order valence-corrected chi connectivity index (χ3v) is 5.68. The number of carbonyl (C=O) groups excluding carboxylic acids is 1. The molecule has 4 rings (SSSR count). The maximum absolute atomic E-state index is 13.0. The maximum Gasteiger partial charge on any atom is 0.269 e. The number of hydrogen-bond acceptors (Lipinski definition) is 3. The van der Waals surface area contributed by atoms with Gasteiger partial charge >= 0.3 is 0 Å². The van der Waals surface area contributed by atoms with Crippen molar-refractivity contribution in [3.05, 3.63) is 40.8 Å². The van der Waals surface area contributed by atoms with Crippen molar-refractivity contribution in [3.8, 4) is 0 Å². The zero-order chi connectivity index (χ0) is 16.7. The first-order chi connectivity index (χ1) is 11.6. The van der Waals surface area contributed by atoms with Gasteiger partial charge in [0.05, 0.1) is 17.2 Å². The molecule has 5 nitrogen and oxygen atoms in total. The number of benzene rings is 1. The summed E-state index contributed by atoms with van der Waals surface area (Å²) in [5, 5.41) is 0. The largest absolute Gasteiger partial charge is 0.335 e. The summed E-state index contributed by atoms with van der Waals surface area (Å²) in [5.41, 5.74) is 1.26. The summed E-state index contributed by atoms with van der Waals surface area (Å²) in [5.74, 6) is 0.707. The Labute approximate surface area is 141 Å². The average Bonchev–Trinajstić information content (AvgIpc) is 2.93. The summed E-state index contributed by atoms with van der Waals surface area (Å²) in [6.45, 7) is 2.25. The number of fused-ring (bicyclic) bond motifs is 2. The van der Waals surface area contributed by atoms with Gasteiger partial charge in [0.1, 0.15) is 6.54 Å². The highest BCUT2D eigenvalue weighted by atomic mass is 16.2. The minimum atomic E-state index is -0.214. The highest BCUT2D eigenvalue weighted by Crippen LogP contribution is 2.39. The molecular weight excluding hydrogens is 302 g/mol. The van der Waals surface area contributed by atoms with E-state index in [1.807, 2.05) is 24.3 Å². The molecule has 24 heavy (non-hydrogen) atoms. The molecule has 3 atom stereocenters. The Balaban J connectivity index is 1.65. The van der Waals surface area contributed by atoms with E-state index in [2.05, 4.69) is 16.8 Å². The molecule has 1 aliphatic carbocycles. The van der Waals surface area contributed by atoms with Crippen LogP contribution in [0.5, 0.6) is 0 Å². The second kappa shape index (κ2) is 6.04. The maximum atomic E-state index is 13.0. The van der Waals surface area contributed by atoms with Crippen LogP contribution in [0.2, 0.25) is 0 Å². The number of hydrogen-bond donors (Lipinski definition) is 0. The number of para-hydroxylation sites is 2. The van der Waals surface area contributed by atoms with Gasteiger partial charge in [-0.3, -0.25) is 14.2 Å². The average molecular weight is 325 g/mol. The third kappa shape index (κ3) is 2.52. The lowest BCUT2D eigenvalue weighted by Gasteiger charge is -2.33. The molecule has 1 amide bonds. The van der Waals surface area contributed by atoms with Gasteiger partial charge in [0.25, 0.3) is 5.56 Å². The smallest absolute Gasteiger partial charge is 0.269 e. The molecule has 1 saturated heterocycles. The SMILES string of the molecule is C[C@@H]1C[C@H]2CCCC[C@@H]2N1C(=O)Cn1c(=O)cnc2ccccc21. The van der Waals surface area contributed by atoms with Crippen LogP contribution in [0.15, 0.2) is 35.3 Å². The second-order valence-corrected chi connectivity index (χ2v) is 7.17. The fraction of sp³-hybridized carbons (Fsp3) is 0.526. The fourth-order valence-electron chi connectivity index (χ4n) is 4.63. The topological polar surface area (TPSA) is 55.2 Å². The van der Waals surface area contributed by atoms with Crippen molar-refractivity contribution < 1.29 is 4.79 Å². The molecule has 5 heteroatoms. The molecule has 1 aromatic carbocycles. The molecule has 2 heterocycles. The molecule has 126 valence electrons. The van der Waals surface area contributed by atoms with Crippen LogP contribution >= 0.6 is 0 Å². The normalized spacial score (nSPS) is 26.5. The van der Waals surface area contributed by atoms with E-state index < -0.39 is 0 Å². The molecule has 0 radical (unpaired) electrons. The highest BCUT2D eigenvalue weighted by molar-refractivity contribution is 5.80. The molecule has 2 aromatic rings. The standard InChI is InChI=1S/C19H23N3O2/c1-13-10-14-6-2-4-8-16(14)22(13)19(24)12-21-17-9-5-3-7-15(17)20-11-18(21)23/h3,5,7,9,11,13-14,16H,2,4,6,8,10,12H2,1H3/t13-,14-,16+/m1/s1. The predicted octanol–water partition coefficient (Wildman–Crippen LogP) is 2.58. The van der Waals surface area contributed by atoms with Crippen molar-refractivity contribution in [1.82, 2.24) is 14.5 Å². The van der Waals surface area contributed by atoms with Crippen molar-refractivity contribution in [2.24, 2.45) is 5.92 Å². The Morgan fingerprint density at radius 1 is 1.25 bits per heavy atom. The lowest BCUT2D eigenvalue weighted by molar-refractivity contribution is -0.135. The summed E-state index contributed by atoms with van der Waals surface area (Å²) in [7, 11) is 0. The number of nitrogens with zero attached hydrogens (tertiary/aromatic N) is 3. The molecule has 0 bridgehead atoms. The molecule has 1 saturated carbocycles. The quantitative estimate of drug-likeness (QED) is 0.853. The van der Waals surface area contributed by atoms with Crippen molar-refractivity contribution in [3.63, 3.8) is 0 Å². The van der Waals surface area contributed by atoms with E-state index in [1.165, 1.54) is 25.5 Å². The van der Waals surface area contributed by atoms with Crippen LogP contribution in [0.4, 0.5) is 0 Å². The lowest BCUT2D eigenvalue weighted by Crippen LogP contribution is -2.45. The van der Waals surface area contributed by atoms with Gasteiger partial charge < -0.3 is 4.90 Å². The van der Waals surface area contributed by atoms with Crippen LogP contribution in [0.3, 0.4) is 0 Å². The van der Waals surface area contributed by atoms with Gasteiger partial charge in [0.2, 0.25) is 5.91 Å². The lowest BCUT2D eigenvalue weighted by atomic mass is 9.85. The molecule has 1 aliphatic heterocycles. The number of likely N-dealkylation sites (tertiary alicyclic amines) is 1. The molecule has 0 unspecified atom stereocenters. The first-order valence-corrected chi connectivity index (χ1v) is 8.91. The molecular formula is C19H23N3O2. The zero-order valence-corrected chi connectivity index (χ0v) is 14.0. The Hall–Kier alpha value is -2.17. The number of carbonyl (C=O) groups is 1. The Bertz CT molecular complexity index is 829. The number of rotatable bonds is 2. The van der Waals surface area contributed by atoms with Gasteiger partial charge in [0.15, 0.2) is 0 Å². The Morgan fingerprint density at radius 3 is 2.92 bits per heavy atom. The third-order valence-electron chi connectivity index (χ3n) is 5.68. The zero-order valence-electron chi connectivity index (χ0n) is 14.0. The van der Waals surface area contributed by atoms with Crippen molar-refractivity contribution >= 4 is 16.9 Å². The number of aromatic nitrogens is 2. The molecule has 0 spiro atoms. The van der Waals surface area contributed by atoms with E-state index in [9.17, 15) is 9.59 Å². The van der Waals surface area contributed by atoms with E-state index in [0.717, 1.165) is 23.9 Å². The van der Waals surface area contributed by atoms with Crippen LogP contribution in [-0.4, -0.2) is 32.4 Å². The van der Waals surface area contributed by atoms with E-state index in [-0.39, 0.29) is 24.1 Å². The first kappa shape index (κ1) is 15.4. The first-order valence-electron chi connectivity index (χ1n) is 8.91. The van der Waals surface area contributed by atoms with Crippen LogP contribution < -0.4 is 5.56 Å². The van der Waals surface area contributed by atoms with E-state index in [1.54, 1.807) is 4.57 Å². The van der Waals surface area contributed by atoms with Gasteiger partial charge in [-0.15, -0.1) is 0 Å².